The molecule has 0 amide bonds. The second-order valence-corrected chi connectivity index (χ2v) is 10.4. The van der Waals surface area contributed by atoms with E-state index < -0.39 is 0 Å². The van der Waals surface area contributed by atoms with Gasteiger partial charge >= 0.3 is 0 Å². The van der Waals surface area contributed by atoms with Gasteiger partial charge < -0.3 is 9.94 Å². The van der Waals surface area contributed by atoms with Crippen molar-refractivity contribution in [1.82, 2.24) is 0 Å². The molecule has 1 N–H and O–H groups in total. The zero-order valence-corrected chi connectivity index (χ0v) is 16.6. The van der Waals surface area contributed by atoms with Crippen molar-refractivity contribution in [2.24, 2.45) is 39.7 Å². The molecule has 6 aliphatic rings. The summed E-state index contributed by atoms with van der Waals surface area (Å²) < 4.78 is 6.69. The summed E-state index contributed by atoms with van der Waals surface area (Å²) in [5.41, 5.74) is 3.40. The number of fused-ring (bicyclic) bond motifs is 7. The van der Waals surface area contributed by atoms with E-state index in [1.807, 2.05) is 0 Å². The first kappa shape index (κ1) is 16.8. The Labute approximate surface area is 162 Å². The summed E-state index contributed by atoms with van der Waals surface area (Å²) >= 11 is 0. The summed E-state index contributed by atoms with van der Waals surface area (Å²) in [6.45, 7) is 3.29. The van der Waals surface area contributed by atoms with Gasteiger partial charge in [-0.2, -0.15) is 0 Å². The molecular formula is C24H33NO2. The van der Waals surface area contributed by atoms with Gasteiger partial charge in [-0.25, -0.2) is 0 Å². The predicted molar refractivity (Wildman–Crippen MR) is 106 cm³/mol. The lowest BCUT2D eigenvalue weighted by atomic mass is 9.49. The minimum atomic E-state index is 0.0593. The van der Waals surface area contributed by atoms with Gasteiger partial charge in [0.1, 0.15) is 0 Å². The first-order chi connectivity index (χ1) is 13.2. The molecule has 6 rings (SSSR count). The Bertz CT molecular complexity index is 747. The Balaban J connectivity index is 1.38. The molecule has 1 aliphatic heterocycles. The highest BCUT2D eigenvalue weighted by molar-refractivity contribution is 5.96. The Morgan fingerprint density at radius 1 is 1.15 bits per heavy atom. The zero-order chi connectivity index (χ0) is 18.3. The second kappa shape index (κ2) is 5.49. The molecule has 0 aromatic carbocycles. The maximum atomic E-state index is 9.21. The fourth-order valence-electron chi connectivity index (χ4n) is 8.91. The molecule has 27 heavy (non-hydrogen) atoms. The number of oxime groups is 1. The van der Waals surface area contributed by atoms with Gasteiger partial charge in [-0.1, -0.05) is 29.8 Å². The van der Waals surface area contributed by atoms with Gasteiger partial charge in [-0.05, 0) is 94.0 Å². The topological polar surface area (TPSA) is 41.8 Å². The summed E-state index contributed by atoms with van der Waals surface area (Å²) in [6, 6.07) is 0. The molecule has 3 unspecified atom stereocenters. The standard InChI is InChI=1S/C24H33NO2/c1-2-23-10-8-19-18-7-5-17(25-26)14-16(18)4-6-20(19)21(23)15-22(11-12-22)24(23)9-3-13-27-24/h3,9,14,18-21,26H,2,4-8,10-13,15H2,1H3/b25-17+/t18-,19?,20?,21?,23-,24-/m0/s1. The number of nitrogens with zero attached hydrogens (tertiary/aromatic N) is 1. The summed E-state index contributed by atoms with van der Waals surface area (Å²) in [5.74, 6) is 3.32. The fourth-order valence-corrected chi connectivity index (χ4v) is 8.91. The normalized spacial score (nSPS) is 50.6. The van der Waals surface area contributed by atoms with Crippen molar-refractivity contribution < 1.29 is 9.94 Å². The molecule has 2 spiro atoms. The lowest BCUT2D eigenvalue weighted by molar-refractivity contribution is -0.139. The van der Waals surface area contributed by atoms with Crippen LogP contribution >= 0.6 is 0 Å². The second-order valence-electron chi connectivity index (χ2n) is 10.4. The van der Waals surface area contributed by atoms with Crippen molar-refractivity contribution in [3.8, 4) is 0 Å². The van der Waals surface area contributed by atoms with Crippen LogP contribution < -0.4 is 0 Å². The van der Waals surface area contributed by atoms with E-state index in [-0.39, 0.29) is 5.60 Å². The highest BCUT2D eigenvalue weighted by Crippen LogP contribution is 2.79. The minimum Gasteiger partial charge on any atom is -0.411 e. The summed E-state index contributed by atoms with van der Waals surface area (Å²) in [4.78, 5) is 0. The predicted octanol–water partition coefficient (Wildman–Crippen LogP) is 5.49. The van der Waals surface area contributed by atoms with E-state index in [9.17, 15) is 5.21 Å². The maximum absolute atomic E-state index is 9.21. The molecule has 0 bridgehead atoms. The smallest absolute Gasteiger partial charge is 0.0982 e. The number of hydrogen-bond donors (Lipinski definition) is 1. The van der Waals surface area contributed by atoms with E-state index in [1.54, 1.807) is 5.57 Å². The minimum absolute atomic E-state index is 0.0593. The van der Waals surface area contributed by atoms with Crippen LogP contribution in [0.2, 0.25) is 0 Å². The molecule has 0 radical (unpaired) electrons. The van der Waals surface area contributed by atoms with E-state index in [0.717, 1.165) is 42.4 Å². The van der Waals surface area contributed by atoms with E-state index in [0.29, 0.717) is 10.8 Å². The van der Waals surface area contributed by atoms with E-state index >= 15 is 0 Å². The lowest BCUT2D eigenvalue weighted by Gasteiger charge is -2.57. The summed E-state index contributed by atoms with van der Waals surface area (Å²) in [6.07, 6.45) is 20.0. The third-order valence-electron chi connectivity index (χ3n) is 10.0. The van der Waals surface area contributed by atoms with Crippen molar-refractivity contribution >= 4 is 5.71 Å². The molecule has 5 aliphatic carbocycles. The van der Waals surface area contributed by atoms with Gasteiger partial charge in [0, 0.05) is 10.8 Å². The highest BCUT2D eigenvalue weighted by atomic mass is 16.5. The molecule has 146 valence electrons. The van der Waals surface area contributed by atoms with Gasteiger partial charge in [0.05, 0.1) is 17.9 Å². The van der Waals surface area contributed by atoms with E-state index in [4.69, 9.17) is 4.74 Å². The van der Waals surface area contributed by atoms with Crippen LogP contribution in [0.1, 0.15) is 71.1 Å². The third kappa shape index (κ3) is 1.90. The summed E-state index contributed by atoms with van der Waals surface area (Å²) in [7, 11) is 0. The molecule has 4 saturated carbocycles. The Morgan fingerprint density at radius 3 is 2.74 bits per heavy atom. The van der Waals surface area contributed by atoms with Gasteiger partial charge in [-0.15, -0.1) is 0 Å². The molecule has 4 fully saturated rings. The van der Waals surface area contributed by atoms with Gasteiger partial charge in [0.15, 0.2) is 0 Å². The average Bonchev–Trinajstić information content (AvgIpc) is 3.24. The molecular weight excluding hydrogens is 334 g/mol. The summed E-state index contributed by atoms with van der Waals surface area (Å²) in [5, 5.41) is 12.7. The van der Waals surface area contributed by atoms with Gasteiger partial charge in [-0.3, -0.25) is 0 Å². The number of hydrogen-bond acceptors (Lipinski definition) is 3. The number of allylic oxidation sites excluding steroid dienone is 2. The van der Waals surface area contributed by atoms with Crippen molar-refractivity contribution in [2.45, 2.75) is 76.7 Å². The molecule has 1 heterocycles. The highest BCUT2D eigenvalue weighted by Gasteiger charge is 2.77. The SMILES string of the molecule is CC[C@]12CCC3C(CCC4=C/C(=N/O)CC[C@@H]43)C1CC1(CC1)[C@@]21C=CCO1. The van der Waals surface area contributed by atoms with Crippen molar-refractivity contribution in [2.75, 3.05) is 6.61 Å². The van der Waals surface area contributed by atoms with Crippen LogP contribution in [0.15, 0.2) is 29.0 Å². The fraction of sp³-hybridized carbons (Fsp3) is 0.792. The molecule has 0 aromatic rings. The van der Waals surface area contributed by atoms with Crippen LogP contribution in [0.25, 0.3) is 0 Å². The van der Waals surface area contributed by atoms with Crippen LogP contribution in [0.5, 0.6) is 0 Å². The molecule has 0 aromatic heterocycles. The van der Waals surface area contributed by atoms with Crippen LogP contribution in [0, 0.1) is 34.5 Å². The largest absolute Gasteiger partial charge is 0.411 e. The molecule has 0 saturated heterocycles. The van der Waals surface area contributed by atoms with Gasteiger partial charge in [0.25, 0.3) is 0 Å². The Morgan fingerprint density at radius 2 is 2.04 bits per heavy atom. The number of rotatable bonds is 1. The lowest BCUT2D eigenvalue weighted by Crippen LogP contribution is -2.55. The Kier molecular flexibility index (Phi) is 3.42. The van der Waals surface area contributed by atoms with Crippen LogP contribution in [0.4, 0.5) is 0 Å². The van der Waals surface area contributed by atoms with Crippen molar-refractivity contribution in [3.05, 3.63) is 23.8 Å². The zero-order valence-electron chi connectivity index (χ0n) is 16.6. The van der Waals surface area contributed by atoms with Crippen molar-refractivity contribution in [3.63, 3.8) is 0 Å². The molecule has 6 atom stereocenters. The van der Waals surface area contributed by atoms with Crippen molar-refractivity contribution in [1.29, 1.82) is 0 Å². The van der Waals surface area contributed by atoms with Crippen LogP contribution in [-0.4, -0.2) is 23.1 Å². The first-order valence-electron chi connectivity index (χ1n) is 11.4. The third-order valence-corrected chi connectivity index (χ3v) is 10.0. The van der Waals surface area contributed by atoms with E-state index in [2.05, 4.69) is 30.3 Å². The van der Waals surface area contributed by atoms with Crippen LogP contribution in [0.3, 0.4) is 0 Å². The quantitative estimate of drug-likeness (QED) is 0.378. The molecule has 3 nitrogen and oxygen atoms in total. The van der Waals surface area contributed by atoms with Crippen LogP contribution in [-0.2, 0) is 4.74 Å². The molecule has 3 heteroatoms. The number of ether oxygens (including phenoxy) is 1. The Hall–Kier alpha value is -1.09. The monoisotopic (exact) mass is 367 g/mol. The maximum Gasteiger partial charge on any atom is 0.0982 e. The average molecular weight is 368 g/mol. The van der Waals surface area contributed by atoms with E-state index in [1.165, 1.54) is 57.8 Å². The van der Waals surface area contributed by atoms with Gasteiger partial charge in [0.2, 0.25) is 0 Å². The first-order valence-corrected chi connectivity index (χ1v) is 11.4.